The van der Waals surface area contributed by atoms with Gasteiger partial charge in [0.2, 0.25) is 10.0 Å². The maximum Gasteiger partial charge on any atom is 0.244 e. The second kappa shape index (κ2) is 4.78. The lowest BCUT2D eigenvalue weighted by atomic mass is 9.87. The molecule has 1 aliphatic rings. The Balaban J connectivity index is 2.15. The van der Waals surface area contributed by atoms with Crippen molar-refractivity contribution < 1.29 is 8.42 Å². The van der Waals surface area contributed by atoms with Gasteiger partial charge in [0.05, 0.1) is 11.9 Å². The molecule has 96 valence electrons. The van der Waals surface area contributed by atoms with E-state index in [9.17, 15) is 8.42 Å². The molecule has 1 heterocycles. The topological polar surface area (TPSA) is 74.8 Å². The van der Waals surface area contributed by atoms with E-state index in [0.717, 1.165) is 19.3 Å². The Kier molecular flexibility index (Phi) is 3.53. The van der Waals surface area contributed by atoms with E-state index in [4.69, 9.17) is 0 Å². The number of hydrogen-bond donors (Lipinski definition) is 2. The maximum atomic E-state index is 12.2. The maximum absolute atomic E-state index is 12.2. The number of sulfonamides is 1. The van der Waals surface area contributed by atoms with Crippen LogP contribution in [0.2, 0.25) is 0 Å². The highest BCUT2D eigenvalue weighted by Crippen LogP contribution is 2.25. The fourth-order valence-corrected chi connectivity index (χ4v) is 3.88. The zero-order chi connectivity index (χ0) is 12.5. The highest BCUT2D eigenvalue weighted by Gasteiger charge is 2.28. The standard InChI is InChI=1S/C11H19N3O2S/c1-8-5-3-4-6-10(8)14-17(15,16)11-7-12-13-9(11)2/h7-8,10,14H,3-6H2,1-2H3,(H,12,13). The second-order valence-corrected chi connectivity index (χ2v) is 6.53. The molecular weight excluding hydrogens is 238 g/mol. The van der Waals surface area contributed by atoms with Crippen LogP contribution >= 0.6 is 0 Å². The van der Waals surface area contributed by atoms with Crippen molar-refractivity contribution in [1.29, 1.82) is 0 Å². The normalized spacial score (nSPS) is 26.0. The van der Waals surface area contributed by atoms with Crippen LogP contribution in [-0.2, 0) is 10.0 Å². The molecule has 5 nitrogen and oxygen atoms in total. The van der Waals surface area contributed by atoms with Gasteiger partial charge in [0.1, 0.15) is 4.90 Å². The van der Waals surface area contributed by atoms with Crippen LogP contribution in [-0.4, -0.2) is 24.7 Å². The van der Waals surface area contributed by atoms with Crippen molar-refractivity contribution in [3.8, 4) is 0 Å². The molecule has 17 heavy (non-hydrogen) atoms. The van der Waals surface area contributed by atoms with Crippen molar-refractivity contribution in [2.45, 2.75) is 50.5 Å². The molecule has 0 amide bonds. The molecule has 0 saturated heterocycles. The monoisotopic (exact) mass is 257 g/mol. The average Bonchev–Trinajstić information content (AvgIpc) is 2.68. The van der Waals surface area contributed by atoms with Gasteiger partial charge in [-0.2, -0.15) is 5.10 Å². The van der Waals surface area contributed by atoms with Crippen molar-refractivity contribution in [2.24, 2.45) is 5.92 Å². The van der Waals surface area contributed by atoms with Crippen molar-refractivity contribution in [3.05, 3.63) is 11.9 Å². The van der Waals surface area contributed by atoms with E-state index < -0.39 is 10.0 Å². The Morgan fingerprint density at radius 2 is 2.12 bits per heavy atom. The summed E-state index contributed by atoms with van der Waals surface area (Å²) in [5.41, 5.74) is 0.584. The van der Waals surface area contributed by atoms with Crippen molar-refractivity contribution >= 4 is 10.0 Å². The molecule has 1 saturated carbocycles. The molecule has 1 aromatic rings. The third-order valence-electron chi connectivity index (χ3n) is 3.49. The Bertz CT molecular complexity index is 481. The number of rotatable bonds is 3. The molecule has 0 radical (unpaired) electrons. The van der Waals surface area contributed by atoms with Crippen LogP contribution in [0.3, 0.4) is 0 Å². The fourth-order valence-electron chi connectivity index (χ4n) is 2.36. The van der Waals surface area contributed by atoms with Gasteiger partial charge < -0.3 is 0 Å². The third kappa shape index (κ3) is 2.69. The lowest BCUT2D eigenvalue weighted by Gasteiger charge is -2.29. The van der Waals surface area contributed by atoms with Crippen LogP contribution < -0.4 is 4.72 Å². The Labute approximate surface area is 102 Å². The fraction of sp³-hybridized carbons (Fsp3) is 0.727. The Hall–Kier alpha value is -0.880. The van der Waals surface area contributed by atoms with Crippen LogP contribution in [0, 0.1) is 12.8 Å². The van der Waals surface area contributed by atoms with Gasteiger partial charge in [-0.25, -0.2) is 13.1 Å². The van der Waals surface area contributed by atoms with Crippen LogP contribution in [0.15, 0.2) is 11.1 Å². The van der Waals surface area contributed by atoms with Crippen LogP contribution in [0.4, 0.5) is 0 Å². The number of H-pyrrole nitrogens is 1. The van der Waals surface area contributed by atoms with Gasteiger partial charge in [0.25, 0.3) is 0 Å². The molecule has 2 atom stereocenters. The van der Waals surface area contributed by atoms with Gasteiger partial charge in [-0.05, 0) is 25.7 Å². The molecular formula is C11H19N3O2S. The summed E-state index contributed by atoms with van der Waals surface area (Å²) in [4.78, 5) is 0.260. The molecule has 0 bridgehead atoms. The first-order valence-corrected chi connectivity index (χ1v) is 7.51. The number of aryl methyl sites for hydroxylation is 1. The summed E-state index contributed by atoms with van der Waals surface area (Å²) >= 11 is 0. The minimum atomic E-state index is -3.42. The number of aromatic amines is 1. The van der Waals surface area contributed by atoms with E-state index in [-0.39, 0.29) is 10.9 Å². The number of nitrogens with one attached hydrogen (secondary N) is 2. The average molecular weight is 257 g/mol. The van der Waals surface area contributed by atoms with E-state index >= 15 is 0 Å². The molecule has 2 unspecified atom stereocenters. The lowest BCUT2D eigenvalue weighted by Crippen LogP contribution is -2.41. The van der Waals surface area contributed by atoms with Gasteiger partial charge in [0.15, 0.2) is 0 Å². The van der Waals surface area contributed by atoms with E-state index in [2.05, 4.69) is 21.8 Å². The minimum Gasteiger partial charge on any atom is -0.281 e. The van der Waals surface area contributed by atoms with E-state index in [1.165, 1.54) is 12.6 Å². The molecule has 6 heteroatoms. The van der Waals surface area contributed by atoms with E-state index in [1.54, 1.807) is 6.92 Å². The summed E-state index contributed by atoms with van der Waals surface area (Å²) in [5.74, 6) is 0.408. The number of nitrogens with zero attached hydrogens (tertiary/aromatic N) is 1. The molecule has 1 aromatic heterocycles. The van der Waals surface area contributed by atoms with E-state index in [1.807, 2.05) is 0 Å². The predicted molar refractivity (Wildman–Crippen MR) is 65.1 cm³/mol. The highest BCUT2D eigenvalue weighted by molar-refractivity contribution is 7.89. The Morgan fingerprint density at radius 1 is 1.41 bits per heavy atom. The SMILES string of the molecule is Cc1[nH]ncc1S(=O)(=O)NC1CCCCC1C. The predicted octanol–water partition coefficient (Wildman–Crippen LogP) is 1.58. The summed E-state index contributed by atoms with van der Waals surface area (Å²) in [6, 6.07) is 0.0584. The number of aromatic nitrogens is 2. The number of hydrogen-bond acceptors (Lipinski definition) is 3. The molecule has 1 aliphatic carbocycles. The Morgan fingerprint density at radius 3 is 2.71 bits per heavy atom. The van der Waals surface area contributed by atoms with Gasteiger partial charge in [0, 0.05) is 6.04 Å². The van der Waals surface area contributed by atoms with Crippen LogP contribution in [0.1, 0.15) is 38.3 Å². The van der Waals surface area contributed by atoms with Gasteiger partial charge >= 0.3 is 0 Å². The first-order chi connectivity index (χ1) is 8.00. The molecule has 0 spiro atoms. The summed E-state index contributed by atoms with van der Waals surface area (Å²) < 4.78 is 27.1. The van der Waals surface area contributed by atoms with Crippen molar-refractivity contribution in [2.75, 3.05) is 0 Å². The third-order valence-corrected chi connectivity index (χ3v) is 5.09. The van der Waals surface area contributed by atoms with Gasteiger partial charge in [-0.1, -0.05) is 19.8 Å². The lowest BCUT2D eigenvalue weighted by molar-refractivity contribution is 0.310. The first kappa shape index (κ1) is 12.6. The van der Waals surface area contributed by atoms with Crippen LogP contribution in [0.5, 0.6) is 0 Å². The largest absolute Gasteiger partial charge is 0.281 e. The van der Waals surface area contributed by atoms with Crippen molar-refractivity contribution in [1.82, 2.24) is 14.9 Å². The summed E-state index contributed by atoms with van der Waals surface area (Å²) in [6.07, 6.45) is 5.69. The van der Waals surface area contributed by atoms with Gasteiger partial charge in [-0.3, -0.25) is 5.10 Å². The second-order valence-electron chi connectivity index (χ2n) is 4.85. The molecule has 1 fully saturated rings. The highest BCUT2D eigenvalue weighted by atomic mass is 32.2. The van der Waals surface area contributed by atoms with Crippen molar-refractivity contribution in [3.63, 3.8) is 0 Å². The zero-order valence-electron chi connectivity index (χ0n) is 10.2. The summed E-state index contributed by atoms with van der Waals surface area (Å²) in [7, 11) is -3.42. The summed E-state index contributed by atoms with van der Waals surface area (Å²) in [6.45, 7) is 3.82. The van der Waals surface area contributed by atoms with Crippen LogP contribution in [0.25, 0.3) is 0 Å². The molecule has 0 aliphatic heterocycles. The smallest absolute Gasteiger partial charge is 0.244 e. The molecule has 2 rings (SSSR count). The molecule has 2 N–H and O–H groups in total. The van der Waals surface area contributed by atoms with Gasteiger partial charge in [-0.15, -0.1) is 0 Å². The quantitative estimate of drug-likeness (QED) is 0.863. The zero-order valence-corrected chi connectivity index (χ0v) is 11.0. The molecule has 0 aromatic carbocycles. The van der Waals surface area contributed by atoms with E-state index in [0.29, 0.717) is 11.6 Å². The summed E-state index contributed by atoms with van der Waals surface area (Å²) in [5, 5.41) is 6.41. The first-order valence-electron chi connectivity index (χ1n) is 6.03. The minimum absolute atomic E-state index is 0.0584.